The van der Waals surface area contributed by atoms with Crippen LogP contribution in [0.4, 0.5) is 5.82 Å². The lowest BCUT2D eigenvalue weighted by Gasteiger charge is -2.31. The minimum atomic E-state index is 0.219. The van der Waals surface area contributed by atoms with Gasteiger partial charge in [-0.1, -0.05) is 36.4 Å². The number of rotatable bonds is 6. The number of H-pyrrole nitrogens is 1. The van der Waals surface area contributed by atoms with Crippen LogP contribution in [0.2, 0.25) is 0 Å². The van der Waals surface area contributed by atoms with Gasteiger partial charge in [0.05, 0.1) is 19.3 Å². The third-order valence-corrected chi connectivity index (χ3v) is 6.27. The number of likely N-dealkylation sites (tertiary alicyclic amines) is 1. The third-order valence-electron chi connectivity index (χ3n) is 6.27. The molecule has 4 N–H and O–H groups in total. The fourth-order valence-corrected chi connectivity index (χ4v) is 4.56. The predicted molar refractivity (Wildman–Crippen MR) is 113 cm³/mol. The first-order chi connectivity index (χ1) is 14.3. The average Bonchev–Trinajstić information content (AvgIpc) is 2.77. The van der Waals surface area contributed by atoms with E-state index in [0.717, 1.165) is 58.7 Å². The molecule has 0 unspecified atom stereocenters. The van der Waals surface area contributed by atoms with E-state index in [1.807, 2.05) is 12.3 Å². The number of amides is 1. The molecule has 154 valence electrons. The summed E-state index contributed by atoms with van der Waals surface area (Å²) in [6, 6.07) is 17.2. The first-order valence-corrected chi connectivity index (χ1v) is 11.0. The molecule has 2 aliphatic rings. The second-order valence-corrected chi connectivity index (χ2v) is 8.42. The van der Waals surface area contributed by atoms with Crippen molar-refractivity contribution >= 4 is 11.7 Å². The number of piperazine rings is 1. The molecule has 0 bridgehead atoms. The van der Waals surface area contributed by atoms with Gasteiger partial charge in [-0.3, -0.25) is 9.69 Å². The van der Waals surface area contributed by atoms with Crippen LogP contribution in [-0.4, -0.2) is 57.8 Å². The van der Waals surface area contributed by atoms with Crippen molar-refractivity contribution in [2.45, 2.75) is 25.4 Å². The van der Waals surface area contributed by atoms with E-state index in [0.29, 0.717) is 12.6 Å². The van der Waals surface area contributed by atoms with Crippen molar-refractivity contribution in [3.63, 3.8) is 0 Å². The summed E-state index contributed by atoms with van der Waals surface area (Å²) in [4.78, 5) is 21.2. The Hall–Kier alpha value is -2.44. The average molecular weight is 397 g/mol. The maximum atomic E-state index is 12.5. The summed E-state index contributed by atoms with van der Waals surface area (Å²) < 4.78 is 0. The van der Waals surface area contributed by atoms with Crippen LogP contribution in [0.5, 0.6) is 0 Å². The summed E-state index contributed by atoms with van der Waals surface area (Å²) >= 11 is 0. The van der Waals surface area contributed by atoms with Crippen molar-refractivity contribution in [3.05, 3.63) is 60.3 Å². The summed E-state index contributed by atoms with van der Waals surface area (Å²) in [5, 5.41) is 3.30. The Morgan fingerprint density at radius 2 is 1.69 bits per heavy atom. The molecule has 0 saturated carbocycles. The number of pyridine rings is 1. The summed E-state index contributed by atoms with van der Waals surface area (Å²) in [5.41, 5.74) is 1.40. The number of nitrogens with one attached hydrogen (secondary N) is 4. The Bertz CT molecular complexity index is 753. The zero-order valence-corrected chi connectivity index (χ0v) is 17.2. The number of quaternary nitrogens is 2. The van der Waals surface area contributed by atoms with E-state index >= 15 is 0 Å². The van der Waals surface area contributed by atoms with E-state index in [1.165, 1.54) is 16.3 Å². The summed E-state index contributed by atoms with van der Waals surface area (Å²) in [7, 11) is 0. The number of carbonyl (C=O) groups excluding carboxylic acids is 1. The van der Waals surface area contributed by atoms with E-state index in [-0.39, 0.29) is 5.91 Å². The number of hydrogen-bond acceptors (Lipinski definition) is 2. The van der Waals surface area contributed by atoms with Crippen LogP contribution >= 0.6 is 0 Å². The number of hydrogen-bond donors (Lipinski definition) is 3. The highest BCUT2D eigenvalue weighted by Crippen LogP contribution is 2.05. The molecule has 0 radical (unpaired) electrons. The molecular formula is C23H34N5O+3. The van der Waals surface area contributed by atoms with E-state index in [4.69, 9.17) is 0 Å². The van der Waals surface area contributed by atoms with Gasteiger partial charge in [-0.2, -0.15) is 0 Å². The van der Waals surface area contributed by atoms with Gasteiger partial charge in [0.1, 0.15) is 32.7 Å². The molecule has 1 aromatic heterocycles. The Morgan fingerprint density at radius 1 is 0.966 bits per heavy atom. The second-order valence-electron chi connectivity index (χ2n) is 8.42. The van der Waals surface area contributed by atoms with Crippen LogP contribution in [0.1, 0.15) is 18.4 Å². The number of nitrogens with zero attached hydrogens (tertiary/aromatic N) is 1. The van der Waals surface area contributed by atoms with E-state index in [9.17, 15) is 4.79 Å². The van der Waals surface area contributed by atoms with Crippen molar-refractivity contribution in [3.8, 4) is 0 Å². The SMILES string of the molecule is O=C(C[NH+]1CCN(c2cccc[nH+]2)CC1)NC1CC[NH+](Cc2ccccc2)CC1. The van der Waals surface area contributed by atoms with Gasteiger partial charge in [0, 0.05) is 30.5 Å². The molecule has 2 aliphatic heterocycles. The predicted octanol–water partition coefficient (Wildman–Crippen LogP) is -1.43. The fourth-order valence-electron chi connectivity index (χ4n) is 4.56. The number of anilines is 1. The molecule has 0 spiro atoms. The Balaban J connectivity index is 1.15. The molecule has 0 atom stereocenters. The molecule has 6 heteroatoms. The topological polar surface area (TPSA) is 55.4 Å². The molecule has 1 amide bonds. The number of aromatic amines is 1. The molecule has 0 aliphatic carbocycles. The van der Waals surface area contributed by atoms with Gasteiger partial charge in [-0.05, 0) is 6.07 Å². The van der Waals surface area contributed by atoms with Crippen LogP contribution in [0.25, 0.3) is 0 Å². The molecule has 6 nitrogen and oxygen atoms in total. The lowest BCUT2D eigenvalue weighted by molar-refractivity contribution is -0.918. The Morgan fingerprint density at radius 3 is 2.38 bits per heavy atom. The molecule has 2 saturated heterocycles. The van der Waals surface area contributed by atoms with Gasteiger partial charge >= 0.3 is 0 Å². The van der Waals surface area contributed by atoms with E-state index in [2.05, 4.69) is 57.7 Å². The van der Waals surface area contributed by atoms with Crippen molar-refractivity contribution in [1.29, 1.82) is 0 Å². The highest BCUT2D eigenvalue weighted by atomic mass is 16.2. The summed E-state index contributed by atoms with van der Waals surface area (Å²) in [5.74, 6) is 1.39. The van der Waals surface area contributed by atoms with Crippen LogP contribution in [0, 0.1) is 0 Å². The van der Waals surface area contributed by atoms with Crippen molar-refractivity contribution < 1.29 is 19.6 Å². The zero-order chi connectivity index (χ0) is 19.9. The lowest BCUT2D eigenvalue weighted by Crippen LogP contribution is -3.16. The van der Waals surface area contributed by atoms with Crippen molar-refractivity contribution in [1.82, 2.24) is 5.32 Å². The number of aromatic nitrogens is 1. The summed E-state index contributed by atoms with van der Waals surface area (Å²) in [6.07, 6.45) is 4.14. The quantitative estimate of drug-likeness (QED) is 0.561. The smallest absolute Gasteiger partial charge is 0.275 e. The third kappa shape index (κ3) is 5.78. The second kappa shape index (κ2) is 9.85. The van der Waals surface area contributed by atoms with Crippen molar-refractivity contribution in [2.24, 2.45) is 0 Å². The molecule has 2 aromatic rings. The van der Waals surface area contributed by atoms with E-state index < -0.39 is 0 Å². The molecule has 2 fully saturated rings. The lowest BCUT2D eigenvalue weighted by atomic mass is 10.0. The van der Waals surface area contributed by atoms with Gasteiger partial charge in [0.15, 0.2) is 6.54 Å². The number of carbonyl (C=O) groups is 1. The van der Waals surface area contributed by atoms with Gasteiger partial charge < -0.3 is 15.1 Å². The monoisotopic (exact) mass is 396 g/mol. The van der Waals surface area contributed by atoms with Gasteiger partial charge in [-0.15, -0.1) is 0 Å². The highest BCUT2D eigenvalue weighted by molar-refractivity contribution is 5.77. The molecule has 4 rings (SSSR count). The first kappa shape index (κ1) is 19.9. The van der Waals surface area contributed by atoms with Crippen LogP contribution in [-0.2, 0) is 11.3 Å². The Labute approximate surface area is 173 Å². The van der Waals surface area contributed by atoms with Crippen LogP contribution < -0.4 is 25.0 Å². The largest absolute Gasteiger partial charge is 0.348 e. The highest BCUT2D eigenvalue weighted by Gasteiger charge is 2.29. The molecule has 1 aromatic carbocycles. The zero-order valence-electron chi connectivity index (χ0n) is 17.2. The van der Waals surface area contributed by atoms with Crippen molar-refractivity contribution in [2.75, 3.05) is 50.7 Å². The molecule has 29 heavy (non-hydrogen) atoms. The Kier molecular flexibility index (Phi) is 6.75. The van der Waals surface area contributed by atoms with Crippen LogP contribution in [0.3, 0.4) is 0 Å². The molecule has 3 heterocycles. The van der Waals surface area contributed by atoms with Gasteiger partial charge in [0.25, 0.3) is 11.7 Å². The normalized spacial score (nSPS) is 23.0. The van der Waals surface area contributed by atoms with E-state index in [1.54, 1.807) is 4.90 Å². The summed E-state index contributed by atoms with van der Waals surface area (Å²) in [6.45, 7) is 7.97. The maximum Gasteiger partial charge on any atom is 0.275 e. The standard InChI is InChI=1S/C23H31N5O/c29-23(19-27-14-16-28(17-15-27)22-8-4-5-11-24-22)25-21-9-12-26(13-10-21)18-20-6-2-1-3-7-20/h1-8,11,21H,9-10,12-19H2,(H,25,29)/p+3. The van der Waals surface area contributed by atoms with Crippen LogP contribution in [0.15, 0.2) is 54.7 Å². The minimum absolute atomic E-state index is 0.219. The molecular weight excluding hydrogens is 362 g/mol. The van der Waals surface area contributed by atoms with Gasteiger partial charge in [-0.25, -0.2) is 4.98 Å². The van der Waals surface area contributed by atoms with Gasteiger partial charge in [0.2, 0.25) is 0 Å². The first-order valence-electron chi connectivity index (χ1n) is 11.0. The number of piperidine rings is 1. The minimum Gasteiger partial charge on any atom is -0.348 e. The number of benzene rings is 1. The fraction of sp³-hybridized carbons (Fsp3) is 0.478. The maximum absolute atomic E-state index is 12.5.